The molecule has 34 heavy (non-hydrogen) atoms. The maximum atomic E-state index is 14.4. The Hall–Kier alpha value is -3.94. The number of ether oxygens (including phenoxy) is 1. The zero-order chi connectivity index (χ0) is 24.2. The van der Waals surface area contributed by atoms with Crippen LogP contribution < -0.4 is 5.32 Å². The second kappa shape index (κ2) is 7.83. The minimum absolute atomic E-state index is 0.0183. The third-order valence-corrected chi connectivity index (χ3v) is 6.45. The lowest BCUT2D eigenvalue weighted by molar-refractivity contribution is -0.111. The van der Waals surface area contributed by atoms with Crippen LogP contribution in [0.3, 0.4) is 0 Å². The Morgan fingerprint density at radius 2 is 1.79 bits per heavy atom. The van der Waals surface area contributed by atoms with Gasteiger partial charge in [-0.15, -0.1) is 0 Å². The molecule has 2 amide bonds. The normalized spacial score (nSPS) is 20.6. The van der Waals surface area contributed by atoms with Gasteiger partial charge < -0.3 is 20.1 Å². The first-order valence-electron chi connectivity index (χ1n) is 11.1. The number of carbonyl (C=O) groups is 3. The van der Waals surface area contributed by atoms with Gasteiger partial charge in [-0.2, -0.15) is 0 Å². The van der Waals surface area contributed by atoms with Crippen molar-refractivity contribution in [3.05, 3.63) is 76.3 Å². The first kappa shape index (κ1) is 21.9. The van der Waals surface area contributed by atoms with Crippen molar-refractivity contribution in [2.45, 2.75) is 32.3 Å². The van der Waals surface area contributed by atoms with Crippen LogP contribution in [0.5, 0.6) is 0 Å². The molecule has 3 heterocycles. The summed E-state index contributed by atoms with van der Waals surface area (Å²) in [6.07, 6.45) is 3.79. The maximum Gasteiger partial charge on any atom is 0.338 e. The lowest BCUT2D eigenvalue weighted by atomic mass is 9.91. The van der Waals surface area contributed by atoms with Gasteiger partial charge in [0.05, 0.1) is 16.8 Å². The van der Waals surface area contributed by atoms with Crippen molar-refractivity contribution in [1.29, 1.82) is 0 Å². The van der Waals surface area contributed by atoms with E-state index in [0.717, 1.165) is 49.2 Å². The molecule has 0 saturated carbocycles. The highest BCUT2D eigenvalue weighted by Gasteiger charge is 2.38. The smallest absolute Gasteiger partial charge is 0.338 e. The fourth-order valence-electron chi connectivity index (χ4n) is 4.71. The number of allylic oxidation sites excluding steroid dienone is 1. The molecular formula is C26H23FN2O5. The van der Waals surface area contributed by atoms with Crippen LogP contribution in [0.15, 0.2) is 48.2 Å². The average Bonchev–Trinajstić information content (AvgIpc) is 3.49. The van der Waals surface area contributed by atoms with E-state index < -0.39 is 28.9 Å². The van der Waals surface area contributed by atoms with Crippen LogP contribution >= 0.6 is 0 Å². The van der Waals surface area contributed by atoms with Crippen molar-refractivity contribution < 1.29 is 28.6 Å². The number of nitrogens with zero attached hydrogens (tertiary/aromatic N) is 1. The highest BCUT2D eigenvalue weighted by Crippen LogP contribution is 2.44. The Morgan fingerprint density at radius 3 is 2.44 bits per heavy atom. The highest BCUT2D eigenvalue weighted by molar-refractivity contribution is 6.32. The fraction of sp³-hybridized carbons (Fsp3) is 0.269. The number of benzene rings is 2. The molecule has 0 aliphatic carbocycles. The number of hydrogen-bond acceptors (Lipinski definition) is 4. The molecule has 5 rings (SSSR count). The predicted octanol–water partition coefficient (Wildman–Crippen LogP) is 4.32. The number of carboxylic acids is 1. The van der Waals surface area contributed by atoms with E-state index in [1.54, 1.807) is 18.2 Å². The first-order valence-corrected chi connectivity index (χ1v) is 11.1. The number of rotatable bonds is 3. The SMILES string of the molecule is CC1(C)OC(=C2C(=O)Nc3cc(C(=O)O)c(F)cc32)C=C1c1ccc(C(=O)N2CCCC2)cc1. The summed E-state index contributed by atoms with van der Waals surface area (Å²) >= 11 is 0. The van der Waals surface area contributed by atoms with Gasteiger partial charge >= 0.3 is 5.97 Å². The van der Waals surface area contributed by atoms with E-state index in [-0.39, 0.29) is 28.5 Å². The summed E-state index contributed by atoms with van der Waals surface area (Å²) in [5.41, 5.74) is 1.58. The lowest BCUT2D eigenvalue weighted by Gasteiger charge is -2.23. The van der Waals surface area contributed by atoms with Crippen LogP contribution in [-0.2, 0) is 9.53 Å². The predicted molar refractivity (Wildman–Crippen MR) is 124 cm³/mol. The van der Waals surface area contributed by atoms with Crippen molar-refractivity contribution in [2.24, 2.45) is 0 Å². The molecule has 2 N–H and O–H groups in total. The summed E-state index contributed by atoms with van der Waals surface area (Å²) in [5.74, 6) is -2.55. The molecule has 0 bridgehead atoms. The molecule has 0 unspecified atom stereocenters. The summed E-state index contributed by atoms with van der Waals surface area (Å²) in [7, 11) is 0. The Morgan fingerprint density at radius 1 is 1.12 bits per heavy atom. The number of nitrogens with one attached hydrogen (secondary N) is 1. The van der Waals surface area contributed by atoms with Gasteiger partial charge in [0.15, 0.2) is 0 Å². The Labute approximate surface area is 195 Å². The number of anilines is 1. The van der Waals surface area contributed by atoms with Crippen molar-refractivity contribution >= 4 is 34.6 Å². The van der Waals surface area contributed by atoms with Gasteiger partial charge in [0.25, 0.3) is 11.8 Å². The van der Waals surface area contributed by atoms with Crippen LogP contribution in [0, 0.1) is 5.82 Å². The van der Waals surface area contributed by atoms with Crippen molar-refractivity contribution in [3.63, 3.8) is 0 Å². The van der Waals surface area contributed by atoms with Gasteiger partial charge in [0.1, 0.15) is 17.2 Å². The molecule has 174 valence electrons. The molecule has 3 aliphatic heterocycles. The average molecular weight is 462 g/mol. The minimum Gasteiger partial charge on any atom is -0.482 e. The number of carbonyl (C=O) groups excluding carboxylic acids is 2. The van der Waals surface area contributed by atoms with Crippen molar-refractivity contribution in [2.75, 3.05) is 18.4 Å². The summed E-state index contributed by atoms with van der Waals surface area (Å²) < 4.78 is 20.5. The second-order valence-corrected chi connectivity index (χ2v) is 9.12. The molecule has 0 spiro atoms. The van der Waals surface area contributed by atoms with E-state index in [1.807, 2.05) is 30.9 Å². The molecule has 8 heteroatoms. The Bertz CT molecular complexity index is 1300. The minimum atomic E-state index is -1.41. The van der Waals surface area contributed by atoms with Crippen molar-refractivity contribution in [1.82, 2.24) is 4.90 Å². The molecule has 1 saturated heterocycles. The zero-order valence-corrected chi connectivity index (χ0v) is 18.8. The molecule has 1 fully saturated rings. The number of likely N-dealkylation sites (tertiary alicyclic amines) is 1. The molecule has 0 atom stereocenters. The van der Waals surface area contributed by atoms with Gasteiger partial charge in [-0.25, -0.2) is 9.18 Å². The van der Waals surface area contributed by atoms with Gasteiger partial charge in [0.2, 0.25) is 0 Å². The van der Waals surface area contributed by atoms with Crippen LogP contribution in [0.1, 0.15) is 58.5 Å². The van der Waals surface area contributed by atoms with E-state index in [1.165, 1.54) is 0 Å². The number of hydrogen-bond donors (Lipinski definition) is 2. The quantitative estimate of drug-likeness (QED) is 0.663. The Balaban J connectivity index is 1.52. The first-order chi connectivity index (χ1) is 16.2. The highest BCUT2D eigenvalue weighted by atomic mass is 19.1. The zero-order valence-electron chi connectivity index (χ0n) is 18.8. The van der Waals surface area contributed by atoms with Crippen LogP contribution in [-0.4, -0.2) is 46.5 Å². The third kappa shape index (κ3) is 3.55. The lowest BCUT2D eigenvalue weighted by Crippen LogP contribution is -2.27. The summed E-state index contributed by atoms with van der Waals surface area (Å²) in [6, 6.07) is 9.45. The van der Waals surface area contributed by atoms with E-state index in [2.05, 4.69) is 5.32 Å². The van der Waals surface area contributed by atoms with E-state index in [4.69, 9.17) is 9.84 Å². The van der Waals surface area contributed by atoms with Crippen molar-refractivity contribution in [3.8, 4) is 0 Å². The van der Waals surface area contributed by atoms with Gasteiger partial charge in [0, 0.05) is 29.8 Å². The van der Waals surface area contributed by atoms with Crippen LogP contribution in [0.2, 0.25) is 0 Å². The number of amides is 2. The van der Waals surface area contributed by atoms with Gasteiger partial charge in [-0.1, -0.05) is 12.1 Å². The summed E-state index contributed by atoms with van der Waals surface area (Å²) in [5, 5.41) is 11.8. The van der Waals surface area contributed by atoms with E-state index >= 15 is 0 Å². The van der Waals surface area contributed by atoms with Crippen LogP contribution in [0.25, 0.3) is 11.1 Å². The monoisotopic (exact) mass is 462 g/mol. The molecule has 7 nitrogen and oxygen atoms in total. The second-order valence-electron chi connectivity index (χ2n) is 9.12. The standard InChI is InChI=1S/C26H23FN2O5/c1-26(2)18(14-5-7-15(8-6-14)24(31)29-9-3-4-10-29)13-21(34-26)22-17-11-19(27)16(25(32)33)12-20(17)28-23(22)30/h5-8,11-13H,3-4,9-10H2,1-2H3,(H,28,30)(H,32,33). The molecule has 0 aromatic heterocycles. The third-order valence-electron chi connectivity index (χ3n) is 6.45. The summed E-state index contributed by atoms with van der Waals surface area (Å²) in [4.78, 5) is 38.5. The topological polar surface area (TPSA) is 95.9 Å². The largest absolute Gasteiger partial charge is 0.482 e. The molecular weight excluding hydrogens is 439 g/mol. The fourth-order valence-corrected chi connectivity index (χ4v) is 4.71. The molecule has 3 aliphatic rings. The van der Waals surface area contributed by atoms with E-state index in [0.29, 0.717) is 5.56 Å². The molecule has 2 aromatic carbocycles. The number of aromatic carboxylic acids is 1. The van der Waals surface area contributed by atoms with E-state index in [9.17, 15) is 18.8 Å². The molecule has 2 aromatic rings. The number of carboxylic acid groups (broad SMARTS) is 1. The van der Waals surface area contributed by atoms with Crippen LogP contribution in [0.4, 0.5) is 10.1 Å². The van der Waals surface area contributed by atoms with Gasteiger partial charge in [-0.3, -0.25) is 9.59 Å². The Kier molecular flexibility index (Phi) is 5.04. The summed E-state index contributed by atoms with van der Waals surface area (Å²) in [6.45, 7) is 5.28. The number of fused-ring (bicyclic) bond motifs is 1. The number of halogens is 1. The molecule has 0 radical (unpaired) electrons. The van der Waals surface area contributed by atoms with Gasteiger partial charge in [-0.05, 0) is 62.6 Å². The maximum absolute atomic E-state index is 14.4.